The van der Waals surface area contributed by atoms with Crippen molar-refractivity contribution in [2.45, 2.75) is 19.8 Å². The van der Waals surface area contributed by atoms with Crippen molar-refractivity contribution in [1.82, 2.24) is 4.98 Å². The van der Waals surface area contributed by atoms with Crippen LogP contribution in [0, 0.1) is 0 Å². The smallest absolute Gasteiger partial charge is 0.171 e. The predicted octanol–water partition coefficient (Wildman–Crippen LogP) is 3.68. The molecule has 0 aliphatic rings. The Morgan fingerprint density at radius 3 is 3.08 bits per heavy atom. The highest BCUT2D eigenvalue weighted by atomic mass is 79.9. The molecule has 0 aromatic carbocycles. The van der Waals surface area contributed by atoms with Crippen molar-refractivity contribution in [2.24, 2.45) is 0 Å². The molecule has 0 bridgehead atoms. The minimum atomic E-state index is 0.416. The van der Waals surface area contributed by atoms with E-state index in [1.807, 2.05) is 6.07 Å². The highest BCUT2D eigenvalue weighted by Crippen LogP contribution is 2.25. The van der Waals surface area contributed by atoms with E-state index >= 15 is 0 Å². The van der Waals surface area contributed by atoms with Crippen molar-refractivity contribution in [3.05, 3.63) is 21.9 Å². The molecule has 4 heteroatoms. The van der Waals surface area contributed by atoms with Crippen LogP contribution in [0.15, 0.2) is 16.7 Å². The summed E-state index contributed by atoms with van der Waals surface area (Å²) in [5, 5.41) is 0.416. The van der Waals surface area contributed by atoms with Crippen LogP contribution >= 0.6 is 27.5 Å². The van der Waals surface area contributed by atoms with Crippen molar-refractivity contribution in [2.75, 3.05) is 6.61 Å². The lowest BCUT2D eigenvalue weighted by atomic mass is 10.4. The number of rotatable bonds is 4. The van der Waals surface area contributed by atoms with Crippen molar-refractivity contribution in [1.29, 1.82) is 0 Å². The third-order valence-corrected chi connectivity index (χ3v) is 2.25. The van der Waals surface area contributed by atoms with Crippen LogP contribution in [0.3, 0.4) is 0 Å². The first-order valence-electron chi connectivity index (χ1n) is 4.18. The van der Waals surface area contributed by atoms with Crippen LogP contribution in [0.2, 0.25) is 5.15 Å². The lowest BCUT2D eigenvalue weighted by Gasteiger charge is -2.06. The van der Waals surface area contributed by atoms with Gasteiger partial charge < -0.3 is 4.74 Å². The highest BCUT2D eigenvalue weighted by molar-refractivity contribution is 9.10. The Bertz CT molecular complexity index is 280. The molecule has 0 saturated carbocycles. The van der Waals surface area contributed by atoms with Crippen LogP contribution in [0.25, 0.3) is 0 Å². The number of unbranched alkanes of at least 4 members (excludes halogenated alkanes) is 1. The predicted molar refractivity (Wildman–Crippen MR) is 57.4 cm³/mol. The quantitative estimate of drug-likeness (QED) is 0.611. The summed E-state index contributed by atoms with van der Waals surface area (Å²) in [4.78, 5) is 3.95. The van der Waals surface area contributed by atoms with Gasteiger partial charge in [-0.25, -0.2) is 4.98 Å². The second kappa shape index (κ2) is 5.45. The molecule has 0 fully saturated rings. The molecule has 0 spiro atoms. The summed E-state index contributed by atoms with van der Waals surface area (Å²) in [5.74, 6) is 0.643. The number of hydrogen-bond donors (Lipinski definition) is 0. The summed E-state index contributed by atoms with van der Waals surface area (Å²) >= 11 is 9.12. The maximum absolute atomic E-state index is 5.82. The molecule has 1 aromatic heterocycles. The van der Waals surface area contributed by atoms with Gasteiger partial charge in [-0.3, -0.25) is 0 Å². The summed E-state index contributed by atoms with van der Waals surface area (Å²) in [6, 6.07) is 1.82. The standard InChI is InChI=1S/C9H11BrClNO/c1-2-3-4-13-8-5-7(10)6-12-9(8)11/h5-6H,2-4H2,1H3. The van der Waals surface area contributed by atoms with Crippen molar-refractivity contribution >= 4 is 27.5 Å². The molecular weight excluding hydrogens is 253 g/mol. The maximum Gasteiger partial charge on any atom is 0.171 e. The van der Waals surface area contributed by atoms with E-state index in [9.17, 15) is 0 Å². The number of hydrogen-bond acceptors (Lipinski definition) is 2. The topological polar surface area (TPSA) is 22.1 Å². The van der Waals surface area contributed by atoms with Crippen LogP contribution < -0.4 is 4.74 Å². The zero-order valence-corrected chi connectivity index (χ0v) is 9.73. The molecule has 0 saturated heterocycles. The minimum Gasteiger partial charge on any atom is -0.490 e. The second-order valence-corrected chi connectivity index (χ2v) is 3.92. The Morgan fingerprint density at radius 1 is 1.62 bits per heavy atom. The monoisotopic (exact) mass is 263 g/mol. The molecule has 0 aliphatic carbocycles. The molecule has 2 nitrogen and oxygen atoms in total. The molecule has 0 N–H and O–H groups in total. The number of nitrogens with zero attached hydrogens (tertiary/aromatic N) is 1. The molecule has 1 heterocycles. The second-order valence-electron chi connectivity index (χ2n) is 2.64. The Balaban J connectivity index is 2.59. The summed E-state index contributed by atoms with van der Waals surface area (Å²) in [6.45, 7) is 2.80. The Hall–Kier alpha value is -0.280. The van der Waals surface area contributed by atoms with E-state index in [1.165, 1.54) is 0 Å². The Morgan fingerprint density at radius 2 is 2.38 bits per heavy atom. The lowest BCUT2D eigenvalue weighted by molar-refractivity contribution is 0.308. The first-order valence-corrected chi connectivity index (χ1v) is 5.35. The zero-order valence-electron chi connectivity index (χ0n) is 7.39. The summed E-state index contributed by atoms with van der Waals surface area (Å²) < 4.78 is 6.31. The Labute approximate surface area is 91.4 Å². The summed E-state index contributed by atoms with van der Waals surface area (Å²) in [5.41, 5.74) is 0. The molecule has 1 rings (SSSR count). The highest BCUT2D eigenvalue weighted by Gasteiger charge is 2.02. The van der Waals surface area contributed by atoms with E-state index in [1.54, 1.807) is 6.20 Å². The number of pyridine rings is 1. The van der Waals surface area contributed by atoms with E-state index in [2.05, 4.69) is 27.8 Å². The third-order valence-electron chi connectivity index (χ3n) is 1.53. The molecule has 1 aromatic rings. The van der Waals surface area contributed by atoms with Crippen LogP contribution in [-0.2, 0) is 0 Å². The van der Waals surface area contributed by atoms with E-state index in [0.717, 1.165) is 17.3 Å². The number of halogens is 2. The van der Waals surface area contributed by atoms with Crippen molar-refractivity contribution in [3.63, 3.8) is 0 Å². The minimum absolute atomic E-state index is 0.416. The van der Waals surface area contributed by atoms with Crippen LogP contribution in [0.1, 0.15) is 19.8 Å². The van der Waals surface area contributed by atoms with Gasteiger partial charge in [-0.15, -0.1) is 0 Å². The normalized spacial score (nSPS) is 10.1. The number of aromatic nitrogens is 1. The van der Waals surface area contributed by atoms with Gasteiger partial charge in [-0.05, 0) is 28.4 Å². The SMILES string of the molecule is CCCCOc1cc(Br)cnc1Cl. The summed E-state index contributed by atoms with van der Waals surface area (Å²) in [7, 11) is 0. The molecule has 0 radical (unpaired) electrons. The van der Waals surface area contributed by atoms with Gasteiger partial charge >= 0.3 is 0 Å². The van der Waals surface area contributed by atoms with Gasteiger partial charge in [0.1, 0.15) is 0 Å². The fourth-order valence-corrected chi connectivity index (χ4v) is 1.30. The maximum atomic E-state index is 5.82. The van der Waals surface area contributed by atoms with Crippen LogP contribution in [-0.4, -0.2) is 11.6 Å². The fraction of sp³-hybridized carbons (Fsp3) is 0.444. The van der Waals surface area contributed by atoms with Gasteiger partial charge in [-0.1, -0.05) is 24.9 Å². The Kier molecular flexibility index (Phi) is 4.53. The molecule has 0 unspecified atom stereocenters. The van der Waals surface area contributed by atoms with Gasteiger partial charge in [0.25, 0.3) is 0 Å². The van der Waals surface area contributed by atoms with Gasteiger partial charge in [0, 0.05) is 10.7 Å². The van der Waals surface area contributed by atoms with E-state index < -0.39 is 0 Å². The van der Waals surface area contributed by atoms with Crippen molar-refractivity contribution < 1.29 is 4.74 Å². The van der Waals surface area contributed by atoms with Gasteiger partial charge in [-0.2, -0.15) is 0 Å². The fourth-order valence-electron chi connectivity index (χ4n) is 0.832. The average molecular weight is 265 g/mol. The average Bonchev–Trinajstić information content (AvgIpc) is 2.11. The summed E-state index contributed by atoms with van der Waals surface area (Å²) in [6.07, 6.45) is 3.79. The molecular formula is C9H11BrClNO. The number of ether oxygens (including phenoxy) is 1. The van der Waals surface area contributed by atoms with Crippen LogP contribution in [0.4, 0.5) is 0 Å². The lowest BCUT2D eigenvalue weighted by Crippen LogP contribution is -1.97. The first kappa shape index (κ1) is 10.8. The zero-order chi connectivity index (χ0) is 9.68. The molecule has 13 heavy (non-hydrogen) atoms. The van der Waals surface area contributed by atoms with Crippen LogP contribution in [0.5, 0.6) is 5.75 Å². The van der Waals surface area contributed by atoms with E-state index in [0.29, 0.717) is 17.5 Å². The van der Waals surface area contributed by atoms with Crippen molar-refractivity contribution in [3.8, 4) is 5.75 Å². The third kappa shape index (κ3) is 3.53. The van der Waals surface area contributed by atoms with E-state index in [-0.39, 0.29) is 0 Å². The van der Waals surface area contributed by atoms with Gasteiger partial charge in [0.15, 0.2) is 10.9 Å². The molecule has 0 aliphatic heterocycles. The van der Waals surface area contributed by atoms with Gasteiger partial charge in [0.05, 0.1) is 6.61 Å². The molecule has 72 valence electrons. The van der Waals surface area contributed by atoms with Gasteiger partial charge in [0.2, 0.25) is 0 Å². The largest absolute Gasteiger partial charge is 0.490 e. The molecule has 0 atom stereocenters. The van der Waals surface area contributed by atoms with E-state index in [4.69, 9.17) is 16.3 Å². The first-order chi connectivity index (χ1) is 6.24. The molecule has 0 amide bonds.